The fraction of sp³-hybridized carbons (Fsp3) is 0.938. The molecule has 1 unspecified atom stereocenters. The fourth-order valence-corrected chi connectivity index (χ4v) is 4.10. The lowest BCUT2D eigenvalue weighted by Crippen LogP contribution is -2.55. The first kappa shape index (κ1) is 15.3. The van der Waals surface area contributed by atoms with Crippen LogP contribution in [0.4, 0.5) is 0 Å². The first-order valence-electron chi connectivity index (χ1n) is 8.57. The summed E-state index contributed by atoms with van der Waals surface area (Å²) in [5, 5.41) is 0. The molecular weight excluding hydrogens is 266 g/mol. The summed E-state index contributed by atoms with van der Waals surface area (Å²) in [7, 11) is 0. The van der Waals surface area contributed by atoms with Gasteiger partial charge in [-0.2, -0.15) is 0 Å². The van der Waals surface area contributed by atoms with Gasteiger partial charge in [-0.1, -0.05) is 12.8 Å². The van der Waals surface area contributed by atoms with Gasteiger partial charge < -0.3 is 15.4 Å². The van der Waals surface area contributed by atoms with Crippen molar-refractivity contribution in [3.05, 3.63) is 0 Å². The quantitative estimate of drug-likeness (QED) is 0.834. The summed E-state index contributed by atoms with van der Waals surface area (Å²) in [6, 6.07) is 0. The first-order valence-corrected chi connectivity index (χ1v) is 8.57. The number of amides is 1. The second-order valence-corrected chi connectivity index (χ2v) is 6.92. The van der Waals surface area contributed by atoms with Crippen LogP contribution in [0.5, 0.6) is 0 Å². The Kier molecular flexibility index (Phi) is 4.82. The van der Waals surface area contributed by atoms with Crippen molar-refractivity contribution in [1.29, 1.82) is 0 Å². The first-order chi connectivity index (χ1) is 10.2. The van der Waals surface area contributed by atoms with E-state index in [1.165, 1.54) is 12.8 Å². The molecule has 1 atom stereocenters. The number of nitrogens with two attached hydrogens (primary N) is 1. The lowest BCUT2D eigenvalue weighted by atomic mass is 9.84. The van der Waals surface area contributed by atoms with Crippen LogP contribution < -0.4 is 5.73 Å². The maximum absolute atomic E-state index is 12.8. The molecule has 0 aromatic heterocycles. The van der Waals surface area contributed by atoms with E-state index in [9.17, 15) is 4.79 Å². The lowest BCUT2D eigenvalue weighted by molar-refractivity contribution is -0.143. The second kappa shape index (κ2) is 6.63. The van der Waals surface area contributed by atoms with Gasteiger partial charge in [-0.15, -0.1) is 0 Å². The smallest absolute Gasteiger partial charge is 0.230 e. The number of ether oxygens (including phenoxy) is 1. The van der Waals surface area contributed by atoms with E-state index in [0.717, 1.165) is 65.0 Å². The molecule has 2 saturated heterocycles. The third-order valence-corrected chi connectivity index (χ3v) is 5.55. The molecule has 3 rings (SSSR count). The van der Waals surface area contributed by atoms with Crippen LogP contribution in [0.15, 0.2) is 0 Å². The number of nitrogens with zero attached hydrogens (tertiary/aromatic N) is 2. The summed E-state index contributed by atoms with van der Waals surface area (Å²) in [6.07, 6.45) is 7.08. The third kappa shape index (κ3) is 3.25. The van der Waals surface area contributed by atoms with Gasteiger partial charge in [0.2, 0.25) is 5.91 Å². The van der Waals surface area contributed by atoms with Gasteiger partial charge in [0.05, 0.1) is 11.5 Å². The zero-order valence-electron chi connectivity index (χ0n) is 13.1. The molecule has 120 valence electrons. The van der Waals surface area contributed by atoms with E-state index >= 15 is 0 Å². The van der Waals surface area contributed by atoms with Gasteiger partial charge in [-0.25, -0.2) is 0 Å². The standard InChI is InChI=1S/C16H29N3O2/c17-13-16(5-1-2-6-16)15(20)19-9-7-18(8-10-19)12-14-4-3-11-21-14/h14H,1-13,17H2. The molecule has 0 radical (unpaired) electrons. The van der Waals surface area contributed by atoms with Gasteiger partial charge >= 0.3 is 0 Å². The van der Waals surface area contributed by atoms with Crippen LogP contribution in [0.3, 0.4) is 0 Å². The molecule has 5 heteroatoms. The summed E-state index contributed by atoms with van der Waals surface area (Å²) in [4.78, 5) is 17.3. The molecular formula is C16H29N3O2. The topological polar surface area (TPSA) is 58.8 Å². The highest BCUT2D eigenvalue weighted by atomic mass is 16.5. The lowest BCUT2D eigenvalue weighted by Gasteiger charge is -2.40. The molecule has 2 aliphatic heterocycles. The molecule has 2 heterocycles. The molecule has 3 aliphatic rings. The Morgan fingerprint density at radius 2 is 1.86 bits per heavy atom. The minimum absolute atomic E-state index is 0.239. The second-order valence-electron chi connectivity index (χ2n) is 6.92. The van der Waals surface area contributed by atoms with Crippen molar-refractivity contribution < 1.29 is 9.53 Å². The van der Waals surface area contributed by atoms with E-state index in [2.05, 4.69) is 9.80 Å². The summed E-state index contributed by atoms with van der Waals surface area (Å²) < 4.78 is 5.71. The third-order valence-electron chi connectivity index (χ3n) is 5.55. The van der Waals surface area contributed by atoms with E-state index in [-0.39, 0.29) is 5.41 Å². The highest BCUT2D eigenvalue weighted by Gasteiger charge is 2.42. The van der Waals surface area contributed by atoms with Crippen LogP contribution in [-0.4, -0.2) is 67.7 Å². The van der Waals surface area contributed by atoms with E-state index in [0.29, 0.717) is 18.6 Å². The van der Waals surface area contributed by atoms with Crippen LogP contribution in [0.1, 0.15) is 38.5 Å². The predicted molar refractivity (Wildman–Crippen MR) is 81.9 cm³/mol. The van der Waals surface area contributed by atoms with Crippen molar-refractivity contribution in [1.82, 2.24) is 9.80 Å². The molecule has 3 fully saturated rings. The van der Waals surface area contributed by atoms with Crippen molar-refractivity contribution in [2.45, 2.75) is 44.6 Å². The minimum atomic E-state index is -0.239. The van der Waals surface area contributed by atoms with Gasteiger partial charge in [0.15, 0.2) is 0 Å². The van der Waals surface area contributed by atoms with Crippen molar-refractivity contribution in [3.8, 4) is 0 Å². The van der Waals surface area contributed by atoms with Crippen LogP contribution in [0, 0.1) is 5.41 Å². The summed E-state index contributed by atoms with van der Waals surface area (Å²) in [5.41, 5.74) is 5.70. The maximum Gasteiger partial charge on any atom is 0.230 e. The molecule has 0 bridgehead atoms. The molecule has 0 spiro atoms. The molecule has 0 aromatic carbocycles. The van der Waals surface area contributed by atoms with E-state index < -0.39 is 0 Å². The van der Waals surface area contributed by atoms with E-state index in [1.807, 2.05) is 0 Å². The minimum Gasteiger partial charge on any atom is -0.377 e. The van der Waals surface area contributed by atoms with Crippen LogP contribution in [-0.2, 0) is 9.53 Å². The van der Waals surface area contributed by atoms with Gasteiger partial charge in [-0.05, 0) is 25.7 Å². The van der Waals surface area contributed by atoms with Crippen LogP contribution in [0.25, 0.3) is 0 Å². The average molecular weight is 295 g/mol. The zero-order valence-corrected chi connectivity index (χ0v) is 13.1. The van der Waals surface area contributed by atoms with Gasteiger partial charge in [0.25, 0.3) is 0 Å². The number of hydrogen-bond donors (Lipinski definition) is 1. The monoisotopic (exact) mass is 295 g/mol. The summed E-state index contributed by atoms with van der Waals surface area (Å²) in [5.74, 6) is 0.319. The maximum atomic E-state index is 12.8. The average Bonchev–Trinajstić information content (AvgIpc) is 3.19. The Morgan fingerprint density at radius 3 is 2.43 bits per heavy atom. The Labute approximate surface area is 127 Å². The van der Waals surface area contributed by atoms with E-state index in [4.69, 9.17) is 10.5 Å². The number of piperazine rings is 1. The largest absolute Gasteiger partial charge is 0.377 e. The molecule has 2 N–H and O–H groups in total. The SMILES string of the molecule is NCC1(C(=O)N2CCN(CC3CCCO3)CC2)CCCC1. The predicted octanol–water partition coefficient (Wildman–Crippen LogP) is 0.829. The number of rotatable bonds is 4. The van der Waals surface area contributed by atoms with Crippen molar-refractivity contribution >= 4 is 5.91 Å². The molecule has 21 heavy (non-hydrogen) atoms. The van der Waals surface area contributed by atoms with Gasteiger partial charge in [0, 0.05) is 45.9 Å². The Balaban J connectivity index is 1.49. The Hall–Kier alpha value is -0.650. The number of hydrogen-bond acceptors (Lipinski definition) is 4. The molecule has 0 aromatic rings. The highest BCUT2D eigenvalue weighted by Crippen LogP contribution is 2.39. The van der Waals surface area contributed by atoms with Gasteiger partial charge in [0.1, 0.15) is 0 Å². The number of carbonyl (C=O) groups is 1. The molecule has 5 nitrogen and oxygen atoms in total. The normalized spacial score (nSPS) is 30.0. The van der Waals surface area contributed by atoms with Gasteiger partial charge in [-0.3, -0.25) is 9.69 Å². The van der Waals surface area contributed by atoms with Crippen molar-refractivity contribution in [3.63, 3.8) is 0 Å². The molecule has 1 saturated carbocycles. The molecule has 1 amide bonds. The summed E-state index contributed by atoms with van der Waals surface area (Å²) >= 11 is 0. The van der Waals surface area contributed by atoms with Crippen LogP contribution >= 0.6 is 0 Å². The summed E-state index contributed by atoms with van der Waals surface area (Å²) in [6.45, 7) is 6.13. The Bertz CT molecular complexity index is 355. The van der Waals surface area contributed by atoms with Crippen molar-refractivity contribution in [2.75, 3.05) is 45.9 Å². The zero-order chi connectivity index (χ0) is 14.7. The van der Waals surface area contributed by atoms with Crippen LogP contribution in [0.2, 0.25) is 0 Å². The fourth-order valence-electron chi connectivity index (χ4n) is 4.10. The number of carbonyl (C=O) groups excluding carboxylic acids is 1. The highest BCUT2D eigenvalue weighted by molar-refractivity contribution is 5.83. The molecule has 1 aliphatic carbocycles. The Morgan fingerprint density at radius 1 is 1.14 bits per heavy atom. The van der Waals surface area contributed by atoms with Crippen molar-refractivity contribution in [2.24, 2.45) is 11.1 Å². The van der Waals surface area contributed by atoms with E-state index in [1.54, 1.807) is 0 Å².